The highest BCUT2D eigenvalue weighted by Crippen LogP contribution is 2.25. The third kappa shape index (κ3) is 4.19. The molecule has 0 radical (unpaired) electrons. The maximum absolute atomic E-state index is 11.9. The van der Waals surface area contributed by atoms with E-state index < -0.39 is 12.0 Å². The normalized spacial score (nSPS) is 17.5. The number of carboxylic acids is 1. The summed E-state index contributed by atoms with van der Waals surface area (Å²) in [6, 6.07) is -1.10. The zero-order valence-corrected chi connectivity index (χ0v) is 11.8. The van der Waals surface area contributed by atoms with E-state index in [0.717, 1.165) is 18.7 Å². The largest absolute Gasteiger partial charge is 0.480 e. The number of amides is 2. The highest BCUT2D eigenvalue weighted by atomic mass is 16.4. The van der Waals surface area contributed by atoms with E-state index in [9.17, 15) is 9.59 Å². The number of aromatic amines is 1. The number of carbonyl (C=O) groups is 2. The molecule has 0 unspecified atom stereocenters. The van der Waals surface area contributed by atoms with E-state index in [1.165, 1.54) is 0 Å². The number of nitrogens with two attached hydrogens (primary N) is 1. The molecule has 1 aromatic rings. The van der Waals surface area contributed by atoms with Crippen molar-refractivity contribution in [3.05, 3.63) is 18.2 Å². The lowest BCUT2D eigenvalue weighted by molar-refractivity contribution is -0.138. The van der Waals surface area contributed by atoms with E-state index in [0.29, 0.717) is 19.0 Å². The minimum Gasteiger partial charge on any atom is -0.480 e. The monoisotopic (exact) mass is 295 g/mol. The van der Waals surface area contributed by atoms with Gasteiger partial charge >= 0.3 is 12.0 Å². The first-order valence-corrected chi connectivity index (χ1v) is 7.08. The Kier molecular flexibility index (Phi) is 5.15. The van der Waals surface area contributed by atoms with Gasteiger partial charge in [0.25, 0.3) is 0 Å². The van der Waals surface area contributed by atoms with Crippen LogP contribution < -0.4 is 11.1 Å². The molecular weight excluding hydrogens is 274 g/mol. The van der Waals surface area contributed by atoms with Crippen molar-refractivity contribution in [3.8, 4) is 0 Å². The maximum Gasteiger partial charge on any atom is 0.320 e. The van der Waals surface area contributed by atoms with Gasteiger partial charge in [-0.15, -0.1) is 0 Å². The van der Waals surface area contributed by atoms with Crippen molar-refractivity contribution in [2.75, 3.05) is 19.6 Å². The van der Waals surface area contributed by atoms with Crippen molar-refractivity contribution in [1.82, 2.24) is 20.2 Å². The topological polar surface area (TPSA) is 124 Å². The zero-order chi connectivity index (χ0) is 15.2. The molecule has 2 amide bonds. The Morgan fingerprint density at radius 3 is 2.81 bits per heavy atom. The molecule has 1 fully saturated rings. The maximum atomic E-state index is 11.9. The van der Waals surface area contributed by atoms with E-state index in [1.807, 2.05) is 0 Å². The van der Waals surface area contributed by atoms with Gasteiger partial charge in [0.05, 0.1) is 0 Å². The Bertz CT molecular complexity index is 468. The summed E-state index contributed by atoms with van der Waals surface area (Å²) in [5, 5.41) is 11.4. The Morgan fingerprint density at radius 1 is 1.52 bits per heavy atom. The van der Waals surface area contributed by atoms with Gasteiger partial charge in [-0.3, -0.25) is 4.79 Å². The standard InChI is InChI=1S/C13H21N5O3/c14-10(12(19)20)1-4-17-13(21)18-7-2-9(3-8-18)11-15-5-6-16-11/h5-6,9-10H,1-4,7-8,14H2,(H,15,16)(H,17,21)(H,19,20)/t10-/m0/s1. The number of hydrogen-bond donors (Lipinski definition) is 4. The van der Waals surface area contributed by atoms with Crippen LogP contribution in [0.25, 0.3) is 0 Å². The number of H-pyrrole nitrogens is 1. The molecule has 1 saturated heterocycles. The van der Waals surface area contributed by atoms with Gasteiger partial charge in [0.2, 0.25) is 0 Å². The average molecular weight is 295 g/mol. The fraction of sp³-hybridized carbons (Fsp3) is 0.615. The second-order valence-electron chi connectivity index (χ2n) is 5.20. The molecule has 0 aromatic carbocycles. The average Bonchev–Trinajstić information content (AvgIpc) is 3.01. The minimum atomic E-state index is -1.05. The van der Waals surface area contributed by atoms with E-state index in [1.54, 1.807) is 17.3 Å². The molecule has 8 nitrogen and oxygen atoms in total. The zero-order valence-electron chi connectivity index (χ0n) is 11.8. The number of nitrogens with zero attached hydrogens (tertiary/aromatic N) is 2. The predicted molar refractivity (Wildman–Crippen MR) is 75.8 cm³/mol. The van der Waals surface area contributed by atoms with Crippen LogP contribution in [0.3, 0.4) is 0 Å². The molecule has 1 aromatic heterocycles. The molecule has 1 atom stereocenters. The third-order valence-electron chi connectivity index (χ3n) is 3.74. The molecule has 5 N–H and O–H groups in total. The van der Waals surface area contributed by atoms with E-state index in [-0.39, 0.29) is 19.0 Å². The molecule has 8 heteroatoms. The fourth-order valence-corrected chi connectivity index (χ4v) is 2.43. The fourth-order valence-electron chi connectivity index (χ4n) is 2.43. The van der Waals surface area contributed by atoms with Crippen LogP contribution in [0.5, 0.6) is 0 Å². The molecule has 2 rings (SSSR count). The summed E-state index contributed by atoms with van der Waals surface area (Å²) in [5.74, 6) is 0.287. The van der Waals surface area contributed by atoms with Gasteiger partial charge in [0.15, 0.2) is 0 Å². The van der Waals surface area contributed by atoms with Crippen molar-refractivity contribution in [2.45, 2.75) is 31.2 Å². The summed E-state index contributed by atoms with van der Waals surface area (Å²) in [4.78, 5) is 31.6. The molecular formula is C13H21N5O3. The number of carboxylic acid groups (broad SMARTS) is 1. The van der Waals surface area contributed by atoms with Gasteiger partial charge in [-0.2, -0.15) is 0 Å². The van der Waals surface area contributed by atoms with Crippen LogP contribution in [0.15, 0.2) is 12.4 Å². The number of imidazole rings is 1. The SMILES string of the molecule is N[C@@H](CCNC(=O)N1CCC(c2ncc[nH]2)CC1)C(=O)O. The van der Waals surface area contributed by atoms with Gasteiger partial charge in [-0.1, -0.05) is 0 Å². The van der Waals surface area contributed by atoms with Crippen molar-refractivity contribution < 1.29 is 14.7 Å². The molecule has 1 aliphatic heterocycles. The lowest BCUT2D eigenvalue weighted by Gasteiger charge is -2.31. The van der Waals surface area contributed by atoms with Crippen molar-refractivity contribution in [2.24, 2.45) is 5.73 Å². The van der Waals surface area contributed by atoms with Gasteiger partial charge in [0, 0.05) is 37.9 Å². The number of piperidine rings is 1. The Labute approximate surface area is 122 Å². The number of aromatic nitrogens is 2. The molecule has 0 aliphatic carbocycles. The predicted octanol–water partition coefficient (Wildman–Crippen LogP) is 0.101. The summed E-state index contributed by atoms with van der Waals surface area (Å²) >= 11 is 0. The molecule has 116 valence electrons. The van der Waals surface area contributed by atoms with Crippen LogP contribution in [-0.2, 0) is 4.79 Å². The van der Waals surface area contributed by atoms with Gasteiger partial charge < -0.3 is 26.0 Å². The Hall–Kier alpha value is -2.09. The van der Waals surface area contributed by atoms with E-state index in [2.05, 4.69) is 15.3 Å². The summed E-state index contributed by atoms with van der Waals surface area (Å²) in [6.07, 6.45) is 5.51. The number of aliphatic carboxylic acids is 1. The highest BCUT2D eigenvalue weighted by molar-refractivity contribution is 5.75. The molecule has 0 spiro atoms. The third-order valence-corrected chi connectivity index (χ3v) is 3.74. The van der Waals surface area contributed by atoms with Gasteiger partial charge in [-0.25, -0.2) is 9.78 Å². The first-order chi connectivity index (χ1) is 10.1. The minimum absolute atomic E-state index is 0.162. The highest BCUT2D eigenvalue weighted by Gasteiger charge is 2.25. The number of rotatable bonds is 5. The number of hydrogen-bond acceptors (Lipinski definition) is 4. The first-order valence-electron chi connectivity index (χ1n) is 7.08. The molecule has 2 heterocycles. The van der Waals surface area contributed by atoms with Crippen LogP contribution in [-0.4, -0.2) is 57.7 Å². The summed E-state index contributed by atoms with van der Waals surface area (Å²) < 4.78 is 0. The van der Waals surface area contributed by atoms with Crippen LogP contribution in [0.4, 0.5) is 4.79 Å². The summed E-state index contributed by atoms with van der Waals surface area (Å²) in [6.45, 7) is 1.61. The Morgan fingerprint density at radius 2 is 2.24 bits per heavy atom. The van der Waals surface area contributed by atoms with Crippen LogP contribution in [0, 0.1) is 0 Å². The second-order valence-corrected chi connectivity index (χ2v) is 5.20. The number of nitrogens with one attached hydrogen (secondary N) is 2. The lowest BCUT2D eigenvalue weighted by atomic mass is 9.96. The molecule has 21 heavy (non-hydrogen) atoms. The van der Waals surface area contributed by atoms with E-state index in [4.69, 9.17) is 10.8 Å². The Balaban J connectivity index is 1.69. The first kappa shape index (κ1) is 15.3. The number of carbonyl (C=O) groups excluding carboxylic acids is 1. The number of urea groups is 1. The van der Waals surface area contributed by atoms with Crippen molar-refractivity contribution >= 4 is 12.0 Å². The summed E-state index contributed by atoms with van der Waals surface area (Å²) in [7, 11) is 0. The van der Waals surface area contributed by atoms with Crippen molar-refractivity contribution in [1.29, 1.82) is 0 Å². The number of likely N-dealkylation sites (tertiary alicyclic amines) is 1. The van der Waals surface area contributed by atoms with Crippen LogP contribution in [0.2, 0.25) is 0 Å². The smallest absolute Gasteiger partial charge is 0.320 e. The molecule has 0 saturated carbocycles. The molecule has 0 bridgehead atoms. The second kappa shape index (κ2) is 7.07. The summed E-state index contributed by atoms with van der Waals surface area (Å²) in [5.41, 5.74) is 5.38. The lowest BCUT2D eigenvalue weighted by Crippen LogP contribution is -2.45. The van der Waals surface area contributed by atoms with Gasteiger partial charge in [-0.05, 0) is 19.3 Å². The van der Waals surface area contributed by atoms with Crippen molar-refractivity contribution in [3.63, 3.8) is 0 Å². The quantitative estimate of drug-likeness (QED) is 0.613. The van der Waals surface area contributed by atoms with Crippen LogP contribution >= 0.6 is 0 Å². The van der Waals surface area contributed by atoms with Gasteiger partial charge in [0.1, 0.15) is 11.9 Å². The molecule has 1 aliphatic rings. The van der Waals surface area contributed by atoms with E-state index >= 15 is 0 Å². The van der Waals surface area contributed by atoms with Crippen LogP contribution in [0.1, 0.15) is 31.0 Å².